The molecule has 1 aromatic rings. The van der Waals surface area contributed by atoms with Crippen LogP contribution in [0.4, 0.5) is 0 Å². The Labute approximate surface area is 92.3 Å². The fourth-order valence-electron chi connectivity index (χ4n) is 1.01. The number of nitrogens with two attached hydrogens (primary N) is 1. The van der Waals surface area contributed by atoms with E-state index in [4.69, 9.17) is 15.8 Å². The highest BCUT2D eigenvalue weighted by Gasteiger charge is 2.11. The van der Waals surface area contributed by atoms with Crippen LogP contribution >= 0.6 is 10.7 Å². The van der Waals surface area contributed by atoms with Crippen molar-refractivity contribution in [2.45, 2.75) is 10.6 Å². The topological polar surface area (TPSA) is 94.3 Å². The smallest absolute Gasteiger partial charge is 0.225 e. The fourth-order valence-corrected chi connectivity index (χ4v) is 2.55. The first-order valence-corrected chi connectivity index (χ1v) is 7.75. The van der Waals surface area contributed by atoms with Crippen LogP contribution < -0.4 is 5.14 Å². The molecule has 0 aliphatic heterocycles. The molecule has 0 saturated heterocycles. The Balaban J connectivity index is 3.15. The molecule has 15 heavy (non-hydrogen) atoms. The fraction of sp³-hybridized carbons (Fsp3) is 0.143. The van der Waals surface area contributed by atoms with E-state index in [-0.39, 0.29) is 10.5 Å². The van der Waals surface area contributed by atoms with Gasteiger partial charge in [-0.05, 0) is 17.7 Å². The van der Waals surface area contributed by atoms with Gasteiger partial charge in [-0.25, -0.2) is 22.0 Å². The molecule has 8 heteroatoms. The molecule has 1 rings (SSSR count). The van der Waals surface area contributed by atoms with Crippen molar-refractivity contribution in [2.75, 3.05) is 0 Å². The molecule has 0 amide bonds. The van der Waals surface area contributed by atoms with Gasteiger partial charge in [-0.2, -0.15) is 0 Å². The Morgan fingerprint density at radius 2 is 1.80 bits per heavy atom. The first kappa shape index (κ1) is 12.4. The van der Waals surface area contributed by atoms with Crippen LogP contribution in [0.5, 0.6) is 0 Å². The first-order valence-electron chi connectivity index (χ1n) is 3.72. The number of sulfonamides is 1. The molecule has 5 nitrogen and oxygen atoms in total. The average molecular weight is 270 g/mol. The van der Waals surface area contributed by atoms with Gasteiger partial charge in [-0.3, -0.25) is 0 Å². The van der Waals surface area contributed by atoms with E-state index < -0.39 is 24.8 Å². The van der Waals surface area contributed by atoms with Gasteiger partial charge in [0.1, 0.15) is 0 Å². The summed E-state index contributed by atoms with van der Waals surface area (Å²) in [5.41, 5.74) is 0.275. The van der Waals surface area contributed by atoms with Crippen LogP contribution in [-0.4, -0.2) is 16.8 Å². The molecule has 0 fully saturated rings. The monoisotopic (exact) mass is 269 g/mol. The van der Waals surface area contributed by atoms with Crippen LogP contribution in [0.1, 0.15) is 5.56 Å². The van der Waals surface area contributed by atoms with Gasteiger partial charge >= 0.3 is 0 Å². The minimum Gasteiger partial charge on any atom is -0.225 e. The molecule has 0 unspecified atom stereocenters. The second-order valence-electron chi connectivity index (χ2n) is 2.88. The van der Waals surface area contributed by atoms with Crippen LogP contribution in [-0.2, 0) is 24.8 Å². The second kappa shape index (κ2) is 4.09. The predicted octanol–water partition coefficient (Wildman–Crippen LogP) is 0.403. The highest BCUT2D eigenvalue weighted by molar-refractivity contribution is 8.13. The van der Waals surface area contributed by atoms with E-state index in [2.05, 4.69) is 0 Å². The Hall–Kier alpha value is -0.630. The van der Waals surface area contributed by atoms with Crippen LogP contribution in [0, 0.1) is 0 Å². The van der Waals surface area contributed by atoms with Crippen molar-refractivity contribution in [2.24, 2.45) is 5.14 Å². The summed E-state index contributed by atoms with van der Waals surface area (Å²) in [6, 6.07) is 5.31. The van der Waals surface area contributed by atoms with E-state index in [1.165, 1.54) is 24.3 Å². The lowest BCUT2D eigenvalue weighted by Crippen LogP contribution is -2.12. The number of hydrogen-bond acceptors (Lipinski definition) is 4. The molecular formula is C7H8ClNO4S2. The van der Waals surface area contributed by atoms with Crippen molar-refractivity contribution in [1.29, 1.82) is 0 Å². The lowest BCUT2D eigenvalue weighted by Gasteiger charge is -2.01. The van der Waals surface area contributed by atoms with Crippen LogP contribution in [0.25, 0.3) is 0 Å². The third kappa shape index (κ3) is 4.17. The zero-order chi connectivity index (χ0) is 11.7. The van der Waals surface area contributed by atoms with E-state index >= 15 is 0 Å². The maximum absolute atomic E-state index is 10.9. The number of benzene rings is 1. The minimum absolute atomic E-state index is 0.139. The molecule has 0 atom stereocenters. The lowest BCUT2D eigenvalue weighted by molar-refractivity contribution is 0.597. The zero-order valence-electron chi connectivity index (χ0n) is 7.42. The molecule has 0 aromatic heterocycles. The molecule has 0 aliphatic carbocycles. The van der Waals surface area contributed by atoms with E-state index in [9.17, 15) is 16.8 Å². The molecule has 0 radical (unpaired) electrons. The van der Waals surface area contributed by atoms with Gasteiger partial charge < -0.3 is 0 Å². The van der Waals surface area contributed by atoms with Gasteiger partial charge in [0.25, 0.3) is 0 Å². The number of rotatable bonds is 3. The van der Waals surface area contributed by atoms with Crippen molar-refractivity contribution in [3.05, 3.63) is 29.8 Å². The van der Waals surface area contributed by atoms with Gasteiger partial charge in [0.05, 0.1) is 10.6 Å². The van der Waals surface area contributed by atoms with Crippen molar-refractivity contribution in [1.82, 2.24) is 0 Å². The largest absolute Gasteiger partial charge is 0.238 e. The maximum Gasteiger partial charge on any atom is 0.238 e. The quantitative estimate of drug-likeness (QED) is 0.804. The first-order chi connectivity index (χ1) is 6.68. The predicted molar refractivity (Wildman–Crippen MR) is 56.3 cm³/mol. The molecule has 0 spiro atoms. The minimum atomic E-state index is -3.82. The highest BCUT2D eigenvalue weighted by atomic mass is 35.7. The average Bonchev–Trinajstić information content (AvgIpc) is 1.99. The second-order valence-corrected chi connectivity index (χ2v) is 7.21. The summed E-state index contributed by atoms with van der Waals surface area (Å²) >= 11 is 0. The Morgan fingerprint density at radius 3 is 2.27 bits per heavy atom. The third-order valence-electron chi connectivity index (χ3n) is 1.57. The van der Waals surface area contributed by atoms with Crippen molar-refractivity contribution < 1.29 is 16.8 Å². The summed E-state index contributed by atoms with van der Waals surface area (Å²) in [7, 11) is -2.50. The number of primary sulfonamides is 1. The summed E-state index contributed by atoms with van der Waals surface area (Å²) in [4.78, 5) is -0.139. The van der Waals surface area contributed by atoms with Crippen LogP contribution in [0.3, 0.4) is 0 Å². The molecule has 84 valence electrons. The maximum atomic E-state index is 10.9. The Morgan fingerprint density at radius 1 is 1.20 bits per heavy atom. The van der Waals surface area contributed by atoms with Crippen molar-refractivity contribution in [3.8, 4) is 0 Å². The normalized spacial score (nSPS) is 12.7. The molecule has 0 aliphatic rings. The zero-order valence-corrected chi connectivity index (χ0v) is 9.81. The van der Waals surface area contributed by atoms with E-state index in [1.54, 1.807) is 0 Å². The van der Waals surface area contributed by atoms with Gasteiger partial charge in [0, 0.05) is 10.7 Å². The summed E-state index contributed by atoms with van der Waals surface area (Å²) in [5, 5.41) is 4.88. The van der Waals surface area contributed by atoms with E-state index in [1.807, 2.05) is 0 Å². The summed E-state index contributed by atoms with van der Waals surface area (Å²) < 4.78 is 43.4. The SMILES string of the molecule is NS(=O)(=O)c1cccc(CS(=O)(=O)Cl)c1. The summed E-state index contributed by atoms with van der Waals surface area (Å²) in [5.74, 6) is -0.433. The standard InChI is InChI=1S/C7H8ClNO4S2/c8-14(10,11)5-6-2-1-3-7(4-6)15(9,12)13/h1-4H,5H2,(H2,9,12,13). The Bertz CT molecular complexity index is 564. The summed E-state index contributed by atoms with van der Waals surface area (Å²) in [6.07, 6.45) is 0. The van der Waals surface area contributed by atoms with E-state index in [0.29, 0.717) is 0 Å². The van der Waals surface area contributed by atoms with E-state index in [0.717, 1.165) is 0 Å². The summed E-state index contributed by atoms with van der Waals surface area (Å²) in [6.45, 7) is 0. The number of halogens is 1. The highest BCUT2D eigenvalue weighted by Crippen LogP contribution is 2.14. The molecule has 0 saturated carbocycles. The molecule has 0 heterocycles. The molecular weight excluding hydrogens is 262 g/mol. The lowest BCUT2D eigenvalue weighted by atomic mass is 10.2. The number of hydrogen-bond donors (Lipinski definition) is 1. The molecule has 0 bridgehead atoms. The molecule has 1 aromatic carbocycles. The molecule has 2 N–H and O–H groups in total. The van der Waals surface area contributed by atoms with Crippen molar-refractivity contribution in [3.63, 3.8) is 0 Å². The third-order valence-corrected chi connectivity index (χ3v) is 3.48. The van der Waals surface area contributed by atoms with Gasteiger partial charge in [0.15, 0.2) is 0 Å². The Kier molecular flexibility index (Phi) is 3.39. The van der Waals surface area contributed by atoms with Gasteiger partial charge in [-0.15, -0.1) is 0 Å². The van der Waals surface area contributed by atoms with Crippen LogP contribution in [0.2, 0.25) is 0 Å². The van der Waals surface area contributed by atoms with Crippen molar-refractivity contribution >= 4 is 29.8 Å². The van der Waals surface area contributed by atoms with Crippen LogP contribution in [0.15, 0.2) is 29.2 Å². The van der Waals surface area contributed by atoms with Gasteiger partial charge in [-0.1, -0.05) is 12.1 Å². The van der Waals surface area contributed by atoms with Gasteiger partial charge in [0.2, 0.25) is 19.1 Å².